The Morgan fingerprint density at radius 1 is 0.340 bits per heavy atom. The highest BCUT2D eigenvalue weighted by atomic mass is 32.2. The zero-order valence-electron chi connectivity index (χ0n) is 50.6. The SMILES string of the molecule is N#Cc1ccc(N2C[C@@H]3[C@@H]4O[C@@H](C[C@@H]4O)[C@@H]3S2(=O)=O)cc1C(F)(F)F.N#Cc1ccc(N2C[C@@H]3[C@@H]4O[C@@H](C[C@H]4O)[C@@H]3S2(=O)=O)cc1C(F)(F)F.N#Cc1ccc(N2C[C@H]3[C@H]([C@H]4O[C@@H]3C[C@@H]4O)S2(=O)=O)cc1C(F)(F)F.N#Cc1ccc(N2C[C@H]3[C@H]([C@H]4O[C@@H]3C[C@H]4O)S2(=O)=O)cc1C(F)(F)F. The number of hydrogen-bond acceptors (Lipinski definition) is 20. The van der Waals surface area contributed by atoms with E-state index >= 15 is 0 Å². The van der Waals surface area contributed by atoms with Crippen LogP contribution in [0.1, 0.15) is 70.2 Å². The topological polar surface area (TPSA) is 363 Å². The third-order valence-electron chi connectivity index (χ3n) is 20.6. The minimum atomic E-state index is -4.77. The molecule has 536 valence electrons. The van der Waals surface area contributed by atoms with Crippen LogP contribution in [0.15, 0.2) is 72.8 Å². The molecule has 20 atom stereocenters. The summed E-state index contributed by atoms with van der Waals surface area (Å²) in [7, 11) is -15.7. The summed E-state index contributed by atoms with van der Waals surface area (Å²) < 4.78 is 286. The maximum absolute atomic E-state index is 13.1. The number of fused-ring (bicyclic) bond motifs is 20. The molecule has 100 heavy (non-hydrogen) atoms. The Kier molecular flexibility index (Phi) is 17.2. The van der Waals surface area contributed by atoms with E-state index in [4.69, 9.17) is 40.0 Å². The van der Waals surface area contributed by atoms with Gasteiger partial charge >= 0.3 is 24.7 Å². The lowest BCUT2D eigenvalue weighted by molar-refractivity contribution is -0.138. The molecule has 12 saturated heterocycles. The van der Waals surface area contributed by atoms with Gasteiger partial charge in [-0.25, -0.2) is 33.7 Å². The average molecular weight is 1500 g/mol. The molecule has 4 aromatic carbocycles. The lowest BCUT2D eigenvalue weighted by atomic mass is 9.87. The quantitative estimate of drug-likeness (QED) is 0.196. The maximum Gasteiger partial charge on any atom is 0.417 e. The molecule has 12 fully saturated rings. The summed E-state index contributed by atoms with van der Waals surface area (Å²) >= 11 is 0. The average Bonchev–Trinajstić information content (AvgIpc) is 1.57. The van der Waals surface area contributed by atoms with Crippen molar-refractivity contribution in [3.05, 3.63) is 117 Å². The van der Waals surface area contributed by atoms with Gasteiger partial charge in [0.15, 0.2) is 0 Å². The fraction of sp³-hybridized carbons (Fsp3) is 0.533. The second-order valence-electron chi connectivity index (χ2n) is 25.9. The first-order valence-electron chi connectivity index (χ1n) is 30.4. The zero-order valence-corrected chi connectivity index (χ0v) is 53.8. The van der Waals surface area contributed by atoms with Crippen LogP contribution in [0.2, 0.25) is 0 Å². The zero-order chi connectivity index (χ0) is 72.6. The van der Waals surface area contributed by atoms with Crippen LogP contribution in [0, 0.1) is 69.0 Å². The van der Waals surface area contributed by atoms with Crippen molar-refractivity contribution < 1.29 is 126 Å². The maximum atomic E-state index is 13.1. The van der Waals surface area contributed by atoms with Gasteiger partial charge in [-0.2, -0.15) is 73.7 Å². The van der Waals surface area contributed by atoms with Crippen molar-refractivity contribution in [1.82, 2.24) is 0 Å². The first kappa shape index (κ1) is 71.1. The van der Waals surface area contributed by atoms with Crippen LogP contribution in [0.4, 0.5) is 75.4 Å². The van der Waals surface area contributed by atoms with Crippen molar-refractivity contribution in [1.29, 1.82) is 21.0 Å². The number of ether oxygens (including phenoxy) is 4. The van der Waals surface area contributed by atoms with E-state index < -0.39 is 215 Å². The summed E-state index contributed by atoms with van der Waals surface area (Å²) in [6, 6.07) is 17.3. The Balaban J connectivity index is 0.000000119. The lowest BCUT2D eigenvalue weighted by Crippen LogP contribution is -2.42. The fourth-order valence-electron chi connectivity index (χ4n) is 16.4. The number of anilines is 4. The van der Waals surface area contributed by atoms with Gasteiger partial charge in [-0.15, -0.1) is 0 Å². The molecule has 24 nitrogen and oxygen atoms in total. The summed E-state index contributed by atoms with van der Waals surface area (Å²) in [5.74, 6) is -1.74. The van der Waals surface area contributed by atoms with Crippen molar-refractivity contribution >= 4 is 62.8 Å². The second-order valence-corrected chi connectivity index (χ2v) is 34.0. The number of nitrogens with zero attached hydrogens (tertiary/aromatic N) is 8. The monoisotopic (exact) mass is 1500 g/mol. The molecule has 4 aromatic rings. The number of benzene rings is 4. The van der Waals surface area contributed by atoms with Crippen molar-refractivity contribution in [2.45, 2.75) is 145 Å². The first-order valence-corrected chi connectivity index (χ1v) is 36.4. The molecular formula is C60H52F12N8O16S4. The van der Waals surface area contributed by atoms with Gasteiger partial charge in [0.1, 0.15) is 33.2 Å². The number of aliphatic hydroxyl groups excluding tert-OH is 4. The van der Waals surface area contributed by atoms with E-state index in [9.17, 15) is 107 Å². The number of rotatable bonds is 4. The Hall–Kier alpha value is -7.32. The molecule has 0 aromatic heterocycles. The summed E-state index contributed by atoms with van der Waals surface area (Å²) in [6.45, 7) is -0.0863. The summed E-state index contributed by atoms with van der Waals surface area (Å²) in [5, 5.41) is 71.3. The van der Waals surface area contributed by atoms with Crippen molar-refractivity contribution in [3.63, 3.8) is 0 Å². The van der Waals surface area contributed by atoms with Gasteiger partial charge in [-0.3, -0.25) is 17.2 Å². The van der Waals surface area contributed by atoms with Crippen LogP contribution in [-0.2, 0) is 83.7 Å². The van der Waals surface area contributed by atoms with Crippen molar-refractivity contribution in [2.24, 2.45) is 23.7 Å². The van der Waals surface area contributed by atoms with Gasteiger partial charge in [0, 0.05) is 75.5 Å². The van der Waals surface area contributed by atoms with E-state index in [0.29, 0.717) is 37.1 Å². The predicted octanol–water partition coefficient (Wildman–Crippen LogP) is 4.97. The number of nitriles is 4. The van der Waals surface area contributed by atoms with E-state index in [1.807, 2.05) is 0 Å². The van der Waals surface area contributed by atoms with Crippen molar-refractivity contribution in [2.75, 3.05) is 43.4 Å². The normalized spacial score (nSPS) is 35.6. The lowest BCUT2D eigenvalue weighted by Gasteiger charge is -2.23. The molecule has 40 heteroatoms. The highest BCUT2D eigenvalue weighted by Crippen LogP contribution is 2.54. The van der Waals surface area contributed by atoms with Gasteiger partial charge < -0.3 is 39.4 Å². The Morgan fingerprint density at radius 3 is 0.810 bits per heavy atom. The molecule has 0 aliphatic carbocycles. The van der Waals surface area contributed by atoms with E-state index in [0.717, 1.165) is 41.5 Å². The minimum absolute atomic E-state index is 0.00405. The smallest absolute Gasteiger partial charge is 0.390 e. The highest BCUT2D eigenvalue weighted by molar-refractivity contribution is 7.94. The third-order valence-corrected chi connectivity index (χ3v) is 29.8. The van der Waals surface area contributed by atoms with Crippen LogP contribution >= 0.6 is 0 Å². The summed E-state index contributed by atoms with van der Waals surface area (Å²) in [4.78, 5) is 0. The van der Waals surface area contributed by atoms with Gasteiger partial charge in [-0.1, -0.05) is 0 Å². The molecule has 16 rings (SSSR count). The molecule has 0 radical (unpaired) electrons. The molecule has 12 aliphatic rings. The Morgan fingerprint density at radius 2 is 0.560 bits per heavy atom. The molecule has 0 spiro atoms. The van der Waals surface area contributed by atoms with E-state index in [1.165, 1.54) is 48.5 Å². The Bertz CT molecular complexity index is 4240. The second kappa shape index (κ2) is 24.2. The van der Waals surface area contributed by atoms with Crippen LogP contribution in [-0.4, -0.2) is 175 Å². The fourth-order valence-corrected chi connectivity index (χ4v) is 25.8. The number of aliphatic hydroxyl groups is 4. The van der Waals surface area contributed by atoms with Crippen LogP contribution in [0.3, 0.4) is 0 Å². The Labute approximate surface area is 560 Å². The van der Waals surface area contributed by atoms with Gasteiger partial charge in [0.05, 0.1) is 153 Å². The molecular weight excluding hydrogens is 1440 g/mol. The van der Waals surface area contributed by atoms with Gasteiger partial charge in [0.2, 0.25) is 40.1 Å². The van der Waals surface area contributed by atoms with Crippen LogP contribution in [0.25, 0.3) is 0 Å². The number of halogens is 12. The van der Waals surface area contributed by atoms with E-state index in [-0.39, 0.29) is 73.6 Å². The highest BCUT2D eigenvalue weighted by Gasteiger charge is 2.68. The van der Waals surface area contributed by atoms with Crippen molar-refractivity contribution in [3.8, 4) is 24.3 Å². The predicted molar refractivity (Wildman–Crippen MR) is 316 cm³/mol. The number of hydrogen-bond donors (Lipinski definition) is 4. The van der Waals surface area contributed by atoms with Gasteiger partial charge in [-0.05, 0) is 72.8 Å². The van der Waals surface area contributed by atoms with E-state index in [1.54, 1.807) is 0 Å². The van der Waals surface area contributed by atoms with E-state index in [2.05, 4.69) is 0 Å². The van der Waals surface area contributed by atoms with Crippen LogP contribution < -0.4 is 17.2 Å². The molecule has 4 N–H and O–H groups in total. The number of alkyl halides is 12. The third kappa shape index (κ3) is 11.4. The number of sulfonamides is 4. The molecule has 8 bridgehead atoms. The molecule has 12 aliphatic heterocycles. The molecule has 0 amide bonds. The largest absolute Gasteiger partial charge is 0.417 e. The summed E-state index contributed by atoms with van der Waals surface area (Å²) in [5.41, 5.74) is -7.44. The molecule has 12 heterocycles. The first-order chi connectivity index (χ1) is 46.6. The van der Waals surface area contributed by atoms with Gasteiger partial charge in [0.25, 0.3) is 0 Å². The minimum Gasteiger partial charge on any atom is -0.390 e. The van der Waals surface area contributed by atoms with Crippen LogP contribution in [0.5, 0.6) is 0 Å². The molecule has 0 saturated carbocycles. The molecule has 0 unspecified atom stereocenters. The standard InChI is InChI=1S/4C15H13F3N2O4S/c2*16-15(17,18)10-3-8(2-1-7(10)5-19)20-6-9-13-11(21)4-12(24-13)14(9)25(20,22)23;2*16-15(17,18)10-3-8(2-1-7(10)5-19)20-6-9-12-4-11(21)13(24-12)14(9)25(20,22)23/h4*1-3,9,11-14,21H,4,6H2/t9-,11+,12+,13+,14-;9-,11-,12+,13+,14-;9-,11+,12-,13+,14-;9-,11-,12-,13+,14-/m1111/s1. The summed E-state index contributed by atoms with van der Waals surface area (Å²) in [6.07, 6.45) is -26.3.